The molecule has 0 saturated heterocycles. The summed E-state index contributed by atoms with van der Waals surface area (Å²) in [6.45, 7) is 4.81. The van der Waals surface area contributed by atoms with Crippen molar-refractivity contribution in [2.45, 2.75) is 32.7 Å². The standard InChI is InChI=1S/C14H22N2O3/c1-3-10(4-2)16(9-8-15)14(19)11-6-5-7-12(17)13(11)18/h5-7,10,17-18H,3-4,8-9,15H2,1-2H3. The Morgan fingerprint density at radius 3 is 2.47 bits per heavy atom. The molecule has 1 aromatic carbocycles. The lowest BCUT2D eigenvalue weighted by Gasteiger charge is -2.30. The molecule has 5 heteroatoms. The Labute approximate surface area is 113 Å². The number of carbonyl (C=O) groups is 1. The highest BCUT2D eigenvalue weighted by Crippen LogP contribution is 2.29. The lowest BCUT2D eigenvalue weighted by atomic mass is 10.1. The number of nitrogens with zero attached hydrogens (tertiary/aromatic N) is 1. The molecule has 0 aliphatic rings. The van der Waals surface area contributed by atoms with E-state index in [1.165, 1.54) is 18.2 Å². The smallest absolute Gasteiger partial charge is 0.258 e. The Hall–Kier alpha value is -1.75. The third-order valence-corrected chi connectivity index (χ3v) is 3.26. The van der Waals surface area contributed by atoms with Crippen molar-refractivity contribution in [3.05, 3.63) is 23.8 Å². The van der Waals surface area contributed by atoms with E-state index in [4.69, 9.17) is 5.73 Å². The summed E-state index contributed by atoms with van der Waals surface area (Å²) in [4.78, 5) is 14.1. The van der Waals surface area contributed by atoms with Crippen LogP contribution in [0.4, 0.5) is 0 Å². The number of para-hydroxylation sites is 1. The second-order valence-electron chi connectivity index (χ2n) is 4.43. The number of rotatable bonds is 6. The molecule has 0 aliphatic heterocycles. The summed E-state index contributed by atoms with van der Waals surface area (Å²) in [6.07, 6.45) is 1.64. The molecule has 106 valence electrons. The van der Waals surface area contributed by atoms with Crippen molar-refractivity contribution in [1.82, 2.24) is 4.90 Å². The first kappa shape index (κ1) is 15.3. The molecule has 0 bridgehead atoms. The number of amides is 1. The van der Waals surface area contributed by atoms with Crippen LogP contribution in [0.1, 0.15) is 37.0 Å². The fraction of sp³-hybridized carbons (Fsp3) is 0.500. The monoisotopic (exact) mass is 266 g/mol. The van der Waals surface area contributed by atoms with Crippen LogP contribution in [0.2, 0.25) is 0 Å². The predicted octanol–water partition coefficient (Wildman–Crippen LogP) is 1.69. The Bertz CT molecular complexity index is 431. The van der Waals surface area contributed by atoms with Gasteiger partial charge in [0.05, 0.1) is 5.56 Å². The van der Waals surface area contributed by atoms with Gasteiger partial charge in [0.2, 0.25) is 0 Å². The van der Waals surface area contributed by atoms with Crippen LogP contribution in [0.3, 0.4) is 0 Å². The molecule has 1 rings (SSSR count). The van der Waals surface area contributed by atoms with Crippen LogP contribution in [0.5, 0.6) is 11.5 Å². The van der Waals surface area contributed by atoms with Crippen LogP contribution in [-0.4, -0.2) is 40.2 Å². The van der Waals surface area contributed by atoms with Crippen molar-refractivity contribution < 1.29 is 15.0 Å². The zero-order valence-electron chi connectivity index (χ0n) is 11.5. The van der Waals surface area contributed by atoms with E-state index in [2.05, 4.69) is 0 Å². The fourth-order valence-electron chi connectivity index (χ4n) is 2.18. The lowest BCUT2D eigenvalue weighted by Crippen LogP contribution is -2.42. The molecule has 5 nitrogen and oxygen atoms in total. The number of benzene rings is 1. The number of aromatic hydroxyl groups is 2. The molecule has 0 unspecified atom stereocenters. The van der Waals surface area contributed by atoms with Crippen LogP contribution < -0.4 is 5.73 Å². The first-order chi connectivity index (χ1) is 9.06. The second kappa shape index (κ2) is 6.99. The number of hydrogen-bond acceptors (Lipinski definition) is 4. The van der Waals surface area contributed by atoms with Crippen molar-refractivity contribution in [2.24, 2.45) is 5.73 Å². The number of nitrogens with two attached hydrogens (primary N) is 1. The summed E-state index contributed by atoms with van der Waals surface area (Å²) in [5.74, 6) is -0.962. The SMILES string of the molecule is CCC(CC)N(CCN)C(=O)c1cccc(O)c1O. The third-order valence-electron chi connectivity index (χ3n) is 3.26. The van der Waals surface area contributed by atoms with Crippen molar-refractivity contribution in [2.75, 3.05) is 13.1 Å². The molecule has 0 aromatic heterocycles. The number of phenolic OH excluding ortho intramolecular Hbond substituents is 2. The maximum absolute atomic E-state index is 12.5. The first-order valence-electron chi connectivity index (χ1n) is 6.58. The van der Waals surface area contributed by atoms with Gasteiger partial charge in [-0.05, 0) is 25.0 Å². The molecular formula is C14H22N2O3. The highest BCUT2D eigenvalue weighted by atomic mass is 16.3. The Balaban J connectivity index is 3.08. The molecule has 4 N–H and O–H groups in total. The summed E-state index contributed by atoms with van der Waals surface area (Å²) in [5, 5.41) is 19.3. The number of hydrogen-bond donors (Lipinski definition) is 3. The normalized spacial score (nSPS) is 10.7. The largest absolute Gasteiger partial charge is 0.504 e. The molecule has 0 heterocycles. The minimum atomic E-state index is -0.375. The van der Waals surface area contributed by atoms with Crippen molar-refractivity contribution >= 4 is 5.91 Å². The van der Waals surface area contributed by atoms with Crippen LogP contribution in [0.15, 0.2) is 18.2 Å². The van der Waals surface area contributed by atoms with Gasteiger partial charge < -0.3 is 20.8 Å². The Morgan fingerprint density at radius 1 is 1.32 bits per heavy atom. The molecule has 0 fully saturated rings. The van der Waals surface area contributed by atoms with E-state index in [1.54, 1.807) is 4.90 Å². The molecule has 0 aliphatic carbocycles. The first-order valence-corrected chi connectivity index (χ1v) is 6.58. The minimum absolute atomic E-state index is 0.0813. The van der Waals surface area contributed by atoms with Crippen LogP contribution >= 0.6 is 0 Å². The molecule has 1 aromatic rings. The zero-order chi connectivity index (χ0) is 14.4. The van der Waals surface area contributed by atoms with Crippen LogP contribution in [-0.2, 0) is 0 Å². The summed E-state index contributed by atoms with van der Waals surface area (Å²) in [6, 6.07) is 4.47. The lowest BCUT2D eigenvalue weighted by molar-refractivity contribution is 0.0670. The van der Waals surface area contributed by atoms with Crippen LogP contribution in [0, 0.1) is 0 Å². The molecule has 0 atom stereocenters. The van der Waals surface area contributed by atoms with Crippen molar-refractivity contribution in [1.29, 1.82) is 0 Å². The van der Waals surface area contributed by atoms with E-state index < -0.39 is 0 Å². The van der Waals surface area contributed by atoms with Gasteiger partial charge in [-0.25, -0.2) is 0 Å². The third kappa shape index (κ3) is 3.38. The van der Waals surface area contributed by atoms with Gasteiger partial charge in [-0.1, -0.05) is 19.9 Å². The van der Waals surface area contributed by atoms with E-state index in [0.717, 1.165) is 12.8 Å². The molecule has 0 saturated carbocycles. The predicted molar refractivity (Wildman–Crippen MR) is 74.2 cm³/mol. The summed E-state index contributed by atoms with van der Waals surface area (Å²) < 4.78 is 0. The average Bonchev–Trinajstić information content (AvgIpc) is 2.41. The molecular weight excluding hydrogens is 244 g/mol. The molecule has 0 radical (unpaired) electrons. The van der Waals surface area contributed by atoms with Gasteiger partial charge >= 0.3 is 0 Å². The van der Waals surface area contributed by atoms with E-state index in [9.17, 15) is 15.0 Å². The average molecular weight is 266 g/mol. The maximum Gasteiger partial charge on any atom is 0.258 e. The van der Waals surface area contributed by atoms with E-state index in [0.29, 0.717) is 13.1 Å². The quantitative estimate of drug-likeness (QED) is 0.684. The Morgan fingerprint density at radius 2 is 1.95 bits per heavy atom. The fourth-order valence-corrected chi connectivity index (χ4v) is 2.18. The Kier molecular flexibility index (Phi) is 5.63. The van der Waals surface area contributed by atoms with Gasteiger partial charge in [0, 0.05) is 19.1 Å². The zero-order valence-corrected chi connectivity index (χ0v) is 11.5. The van der Waals surface area contributed by atoms with Gasteiger partial charge in [0.25, 0.3) is 5.91 Å². The number of phenols is 2. The van der Waals surface area contributed by atoms with Crippen molar-refractivity contribution in [3.63, 3.8) is 0 Å². The van der Waals surface area contributed by atoms with Crippen molar-refractivity contribution in [3.8, 4) is 11.5 Å². The maximum atomic E-state index is 12.5. The molecule has 0 spiro atoms. The van der Waals surface area contributed by atoms with Gasteiger partial charge in [-0.15, -0.1) is 0 Å². The van der Waals surface area contributed by atoms with Gasteiger partial charge in [-0.3, -0.25) is 4.79 Å². The number of carbonyl (C=O) groups excluding carboxylic acids is 1. The highest BCUT2D eigenvalue weighted by molar-refractivity contribution is 5.97. The van der Waals surface area contributed by atoms with E-state index in [-0.39, 0.29) is 29.0 Å². The van der Waals surface area contributed by atoms with E-state index in [1.807, 2.05) is 13.8 Å². The summed E-state index contributed by atoms with van der Waals surface area (Å²) in [7, 11) is 0. The molecule has 19 heavy (non-hydrogen) atoms. The highest BCUT2D eigenvalue weighted by Gasteiger charge is 2.24. The van der Waals surface area contributed by atoms with E-state index >= 15 is 0 Å². The second-order valence-corrected chi connectivity index (χ2v) is 4.43. The topological polar surface area (TPSA) is 86.8 Å². The van der Waals surface area contributed by atoms with Crippen LogP contribution in [0.25, 0.3) is 0 Å². The molecule has 1 amide bonds. The summed E-state index contributed by atoms with van der Waals surface area (Å²) in [5.41, 5.74) is 5.67. The van der Waals surface area contributed by atoms with Gasteiger partial charge in [0.15, 0.2) is 11.5 Å². The summed E-state index contributed by atoms with van der Waals surface area (Å²) >= 11 is 0. The van der Waals surface area contributed by atoms with Gasteiger partial charge in [-0.2, -0.15) is 0 Å². The minimum Gasteiger partial charge on any atom is -0.504 e. The van der Waals surface area contributed by atoms with Gasteiger partial charge in [0.1, 0.15) is 0 Å².